The molecular formula is C11H15Br2NO2S. The summed E-state index contributed by atoms with van der Waals surface area (Å²) in [5.74, 6) is -0.369. The van der Waals surface area contributed by atoms with E-state index >= 15 is 0 Å². The van der Waals surface area contributed by atoms with Crippen molar-refractivity contribution in [3.05, 3.63) is 19.2 Å². The van der Waals surface area contributed by atoms with E-state index in [2.05, 4.69) is 31.9 Å². The second-order valence-electron chi connectivity index (χ2n) is 4.69. The van der Waals surface area contributed by atoms with Crippen molar-refractivity contribution >= 4 is 49.2 Å². The Bertz CT molecular complexity index is 412. The van der Waals surface area contributed by atoms with Gasteiger partial charge in [0.25, 0.3) is 0 Å². The number of carbonyl (C=O) groups is 1. The highest BCUT2D eigenvalue weighted by molar-refractivity contribution is 9.12. The number of nitrogens with two attached hydrogens (primary N) is 1. The van der Waals surface area contributed by atoms with Crippen molar-refractivity contribution in [3.8, 4) is 0 Å². The number of halogens is 2. The molecule has 1 unspecified atom stereocenters. The van der Waals surface area contributed by atoms with Crippen molar-refractivity contribution in [3.63, 3.8) is 0 Å². The largest absolute Gasteiger partial charge is 0.459 e. The van der Waals surface area contributed by atoms with Crippen molar-refractivity contribution in [2.24, 2.45) is 5.73 Å². The first-order valence-corrected chi connectivity index (χ1v) is 7.51. The van der Waals surface area contributed by atoms with E-state index in [4.69, 9.17) is 10.5 Å². The Morgan fingerprint density at radius 3 is 2.53 bits per heavy atom. The smallest absolute Gasteiger partial charge is 0.323 e. The van der Waals surface area contributed by atoms with E-state index in [-0.39, 0.29) is 5.97 Å². The Kier molecular flexibility index (Phi) is 5.19. The van der Waals surface area contributed by atoms with Gasteiger partial charge >= 0.3 is 5.97 Å². The molecule has 0 bridgehead atoms. The van der Waals surface area contributed by atoms with Crippen LogP contribution in [0.5, 0.6) is 0 Å². The summed E-state index contributed by atoms with van der Waals surface area (Å²) in [5.41, 5.74) is 6.34. The molecule has 0 amide bonds. The highest BCUT2D eigenvalue weighted by atomic mass is 79.9. The van der Waals surface area contributed by atoms with Gasteiger partial charge in [-0.2, -0.15) is 0 Å². The monoisotopic (exact) mass is 383 g/mol. The summed E-state index contributed by atoms with van der Waals surface area (Å²) in [4.78, 5) is 11.7. The number of thiophene rings is 1. The van der Waals surface area contributed by atoms with E-state index in [0.29, 0.717) is 6.42 Å². The zero-order chi connectivity index (χ0) is 13.2. The van der Waals surface area contributed by atoms with E-state index < -0.39 is 11.6 Å². The summed E-state index contributed by atoms with van der Waals surface area (Å²) in [7, 11) is 0. The van der Waals surface area contributed by atoms with Gasteiger partial charge in [0.2, 0.25) is 0 Å². The van der Waals surface area contributed by atoms with Gasteiger partial charge in [-0.05, 0) is 64.3 Å². The number of esters is 1. The lowest BCUT2D eigenvalue weighted by Gasteiger charge is -2.22. The summed E-state index contributed by atoms with van der Waals surface area (Å²) in [6.07, 6.45) is 0.470. The SMILES string of the molecule is CC(C)(C)OC(=O)C(N)Cc1cc(Br)sc1Br. The van der Waals surface area contributed by atoms with Gasteiger partial charge in [0, 0.05) is 6.42 Å². The van der Waals surface area contributed by atoms with Crippen LogP contribution in [0.3, 0.4) is 0 Å². The average molecular weight is 385 g/mol. The Labute approximate surface area is 122 Å². The van der Waals surface area contributed by atoms with Crippen LogP contribution in [-0.4, -0.2) is 17.6 Å². The van der Waals surface area contributed by atoms with Gasteiger partial charge in [-0.15, -0.1) is 11.3 Å². The Hall–Kier alpha value is 0.0900. The van der Waals surface area contributed by atoms with Gasteiger partial charge in [-0.1, -0.05) is 0 Å². The molecule has 0 aliphatic rings. The van der Waals surface area contributed by atoms with Crippen LogP contribution in [-0.2, 0) is 16.0 Å². The van der Waals surface area contributed by atoms with Crippen molar-refractivity contribution in [2.75, 3.05) is 0 Å². The zero-order valence-electron chi connectivity index (χ0n) is 9.92. The normalized spacial score (nSPS) is 13.5. The fraction of sp³-hybridized carbons (Fsp3) is 0.545. The highest BCUT2D eigenvalue weighted by Crippen LogP contribution is 2.32. The molecule has 6 heteroatoms. The molecule has 0 saturated heterocycles. The van der Waals surface area contributed by atoms with Crippen LogP contribution in [0.25, 0.3) is 0 Å². The van der Waals surface area contributed by atoms with Crippen LogP contribution >= 0.6 is 43.2 Å². The second-order valence-corrected chi connectivity index (χ2v) is 8.44. The third-order valence-corrected chi connectivity index (χ3v) is 4.34. The van der Waals surface area contributed by atoms with Crippen molar-refractivity contribution in [2.45, 2.75) is 38.8 Å². The van der Waals surface area contributed by atoms with E-state index in [1.54, 1.807) is 11.3 Å². The maximum atomic E-state index is 11.7. The molecule has 1 rings (SSSR count). The van der Waals surface area contributed by atoms with Crippen LogP contribution in [0.2, 0.25) is 0 Å². The second kappa shape index (κ2) is 5.82. The summed E-state index contributed by atoms with van der Waals surface area (Å²) in [5, 5.41) is 0. The predicted molar refractivity (Wildman–Crippen MR) is 77.2 cm³/mol. The number of rotatable bonds is 3. The van der Waals surface area contributed by atoms with Gasteiger partial charge < -0.3 is 10.5 Å². The Morgan fingerprint density at radius 2 is 2.12 bits per heavy atom. The Balaban J connectivity index is 2.63. The Morgan fingerprint density at radius 1 is 1.53 bits per heavy atom. The zero-order valence-corrected chi connectivity index (χ0v) is 13.9. The first kappa shape index (κ1) is 15.1. The minimum Gasteiger partial charge on any atom is -0.459 e. The van der Waals surface area contributed by atoms with Crippen molar-refractivity contribution in [1.82, 2.24) is 0 Å². The van der Waals surface area contributed by atoms with Crippen LogP contribution < -0.4 is 5.73 Å². The minimum absolute atomic E-state index is 0.369. The fourth-order valence-electron chi connectivity index (χ4n) is 1.21. The lowest BCUT2D eigenvalue weighted by atomic mass is 10.1. The number of ether oxygens (including phenoxy) is 1. The van der Waals surface area contributed by atoms with E-state index in [9.17, 15) is 4.79 Å². The third kappa shape index (κ3) is 5.07. The fourth-order valence-corrected chi connectivity index (χ4v) is 4.07. The maximum Gasteiger partial charge on any atom is 0.323 e. The van der Waals surface area contributed by atoms with Crippen molar-refractivity contribution < 1.29 is 9.53 Å². The maximum absolute atomic E-state index is 11.7. The molecule has 0 fully saturated rings. The predicted octanol–water partition coefficient (Wildman–Crippen LogP) is 3.48. The van der Waals surface area contributed by atoms with Gasteiger partial charge in [0.05, 0.1) is 7.57 Å². The van der Waals surface area contributed by atoms with Crippen LogP contribution in [0, 0.1) is 0 Å². The van der Waals surface area contributed by atoms with E-state index in [1.165, 1.54) is 0 Å². The number of hydrogen-bond donors (Lipinski definition) is 1. The van der Waals surface area contributed by atoms with E-state index in [1.807, 2.05) is 26.8 Å². The quantitative estimate of drug-likeness (QED) is 0.811. The summed E-state index contributed by atoms with van der Waals surface area (Å²) >= 11 is 8.39. The topological polar surface area (TPSA) is 52.3 Å². The minimum atomic E-state index is -0.632. The highest BCUT2D eigenvalue weighted by Gasteiger charge is 2.23. The molecule has 0 saturated carbocycles. The lowest BCUT2D eigenvalue weighted by Crippen LogP contribution is -2.38. The number of carbonyl (C=O) groups excluding carboxylic acids is 1. The van der Waals surface area contributed by atoms with Crippen molar-refractivity contribution in [1.29, 1.82) is 0 Å². The van der Waals surface area contributed by atoms with Gasteiger partial charge in [0.15, 0.2) is 0 Å². The molecule has 17 heavy (non-hydrogen) atoms. The molecular weight excluding hydrogens is 370 g/mol. The molecule has 0 spiro atoms. The molecule has 96 valence electrons. The number of hydrogen-bond acceptors (Lipinski definition) is 4. The lowest BCUT2D eigenvalue weighted by molar-refractivity contribution is -0.156. The first-order chi connectivity index (χ1) is 7.69. The molecule has 1 atom stereocenters. The average Bonchev–Trinajstić information content (AvgIpc) is 2.42. The molecule has 0 radical (unpaired) electrons. The molecule has 0 aromatic carbocycles. The summed E-state index contributed by atoms with van der Waals surface area (Å²) < 4.78 is 7.23. The van der Waals surface area contributed by atoms with Gasteiger partial charge in [-0.3, -0.25) is 4.79 Å². The van der Waals surface area contributed by atoms with E-state index in [0.717, 1.165) is 13.1 Å². The van der Waals surface area contributed by atoms with Crippen LogP contribution in [0.4, 0.5) is 0 Å². The molecule has 1 aromatic rings. The molecule has 0 aliphatic heterocycles. The summed E-state index contributed by atoms with van der Waals surface area (Å²) in [6.45, 7) is 5.48. The third-order valence-electron chi connectivity index (χ3n) is 1.88. The summed E-state index contributed by atoms with van der Waals surface area (Å²) in [6, 6.07) is 1.32. The molecule has 1 aromatic heterocycles. The van der Waals surface area contributed by atoms with Crippen LogP contribution in [0.15, 0.2) is 13.6 Å². The standard InChI is InChI=1S/C11H15Br2NO2S/c1-11(2,3)16-10(15)7(14)4-6-5-8(12)17-9(6)13/h5,7H,4,14H2,1-3H3. The molecule has 2 N–H and O–H groups in total. The molecule has 1 heterocycles. The van der Waals surface area contributed by atoms with Gasteiger partial charge in [0.1, 0.15) is 11.6 Å². The van der Waals surface area contributed by atoms with Gasteiger partial charge in [-0.25, -0.2) is 0 Å². The molecule has 3 nitrogen and oxygen atoms in total. The van der Waals surface area contributed by atoms with Crippen LogP contribution in [0.1, 0.15) is 26.3 Å². The molecule has 0 aliphatic carbocycles. The first-order valence-electron chi connectivity index (χ1n) is 5.11.